The van der Waals surface area contributed by atoms with Gasteiger partial charge >= 0.3 is 0 Å². The summed E-state index contributed by atoms with van der Waals surface area (Å²) in [6.07, 6.45) is 5.72. The van der Waals surface area contributed by atoms with Crippen LogP contribution in [0.2, 0.25) is 0 Å². The Morgan fingerprint density at radius 1 is 0.575 bits per heavy atom. The molecule has 0 saturated carbocycles. The van der Waals surface area contributed by atoms with Crippen LogP contribution in [0, 0.1) is 0 Å². The summed E-state index contributed by atoms with van der Waals surface area (Å²) in [5.74, 6) is 5.05. The van der Waals surface area contributed by atoms with E-state index in [1.807, 2.05) is 107 Å². The van der Waals surface area contributed by atoms with Crippen LogP contribution in [0.3, 0.4) is 0 Å². The van der Waals surface area contributed by atoms with Gasteiger partial charge < -0.3 is 10.2 Å². The van der Waals surface area contributed by atoms with Crippen LogP contribution in [0.5, 0.6) is 11.5 Å². The van der Waals surface area contributed by atoms with E-state index in [0.29, 0.717) is 5.01 Å². The van der Waals surface area contributed by atoms with Gasteiger partial charge in [-0.25, -0.2) is 10.9 Å². The lowest BCUT2D eigenvalue weighted by Crippen LogP contribution is -2.40. The van der Waals surface area contributed by atoms with E-state index >= 15 is 0 Å². The average molecular weight is 549 g/mol. The van der Waals surface area contributed by atoms with E-state index in [0.717, 1.165) is 33.4 Å². The summed E-state index contributed by atoms with van der Waals surface area (Å²) in [4.78, 5) is 25.6. The van der Waals surface area contributed by atoms with E-state index in [1.165, 1.54) is 12.2 Å². The number of amides is 2. The lowest BCUT2D eigenvalue weighted by atomic mass is 9.78. The topological polar surface area (TPSA) is 104 Å². The van der Waals surface area contributed by atoms with E-state index in [4.69, 9.17) is 5.84 Å². The molecule has 2 amide bonds. The number of aromatic hydroxyl groups is 2. The number of phenolic OH excluding ortho intramolecular Hbond substituents is 2. The lowest BCUT2D eigenvalue weighted by Gasteiger charge is -2.27. The number of imide groups is 1. The molecule has 0 saturated heterocycles. The fourth-order valence-electron chi connectivity index (χ4n) is 4.40. The predicted octanol–water partition coefficient (Wildman–Crippen LogP) is 7.24. The Labute approximate surface area is 240 Å². The third kappa shape index (κ3) is 7.85. The molecule has 0 bridgehead atoms. The minimum Gasteiger partial charge on any atom is -0.507 e. The minimum atomic E-state index is -0.672. The highest BCUT2D eigenvalue weighted by Gasteiger charge is 2.27. The molecule has 0 aromatic heterocycles. The van der Waals surface area contributed by atoms with Gasteiger partial charge in [0.1, 0.15) is 11.5 Å². The number of nitrogens with zero attached hydrogens (tertiary/aromatic N) is 1. The molecule has 4 N–H and O–H groups in total. The molecule has 0 unspecified atom stereocenters. The van der Waals surface area contributed by atoms with Gasteiger partial charge in [0.15, 0.2) is 0 Å². The number of hydrogen-bond donors (Lipinski definition) is 3. The highest BCUT2D eigenvalue weighted by atomic mass is 16.3. The van der Waals surface area contributed by atoms with Crippen LogP contribution in [0.1, 0.15) is 116 Å². The highest BCUT2D eigenvalue weighted by molar-refractivity contribution is 6.07. The van der Waals surface area contributed by atoms with Crippen LogP contribution in [0.15, 0.2) is 36.4 Å². The molecule has 6 heteroatoms. The molecular formula is C34H48N2O4. The SMILES string of the molecule is CC(C)(C)c1cc(C=CC(=O)N(N)C(=O)C=Cc2cc(C(C)(C)C)c(O)c(C(C)(C)C)c2)cc(C(C)(C)C)c1O. The summed E-state index contributed by atoms with van der Waals surface area (Å²) in [6.45, 7) is 24.2. The third-order valence-corrected chi connectivity index (χ3v) is 6.81. The zero-order valence-electron chi connectivity index (χ0n) is 26.4. The van der Waals surface area contributed by atoms with Crippen LogP contribution in [-0.4, -0.2) is 27.0 Å². The minimum absolute atomic E-state index is 0.253. The zero-order chi connectivity index (χ0) is 31.0. The van der Waals surface area contributed by atoms with Crippen molar-refractivity contribution in [3.05, 3.63) is 69.8 Å². The summed E-state index contributed by atoms with van der Waals surface area (Å²) in [7, 11) is 0. The maximum absolute atomic E-state index is 12.8. The van der Waals surface area contributed by atoms with Crippen molar-refractivity contribution in [2.45, 2.75) is 105 Å². The molecule has 2 rings (SSSR count). The molecule has 2 aromatic rings. The fourth-order valence-corrected chi connectivity index (χ4v) is 4.40. The van der Waals surface area contributed by atoms with Gasteiger partial charge in [-0.05, 0) is 69.2 Å². The molecule has 6 nitrogen and oxygen atoms in total. The van der Waals surface area contributed by atoms with Crippen molar-refractivity contribution in [1.82, 2.24) is 5.01 Å². The molecule has 0 fully saturated rings. The van der Waals surface area contributed by atoms with Crippen molar-refractivity contribution in [2.24, 2.45) is 5.84 Å². The largest absolute Gasteiger partial charge is 0.507 e. The first-order valence-corrected chi connectivity index (χ1v) is 13.7. The maximum Gasteiger partial charge on any atom is 0.267 e. The van der Waals surface area contributed by atoms with E-state index in [1.54, 1.807) is 12.2 Å². The second-order valence-electron chi connectivity index (χ2n) is 14.6. The Morgan fingerprint density at radius 2 is 0.800 bits per heavy atom. The van der Waals surface area contributed by atoms with Crippen molar-refractivity contribution in [3.8, 4) is 11.5 Å². The van der Waals surface area contributed by atoms with Crippen molar-refractivity contribution in [3.63, 3.8) is 0 Å². The molecule has 40 heavy (non-hydrogen) atoms. The number of carbonyl (C=O) groups excluding carboxylic acids is 2. The number of phenols is 2. The Hall–Kier alpha value is -3.38. The van der Waals surface area contributed by atoms with Crippen molar-refractivity contribution in [2.75, 3.05) is 0 Å². The monoisotopic (exact) mass is 548 g/mol. The quantitative estimate of drug-likeness (QED) is 0.162. The Morgan fingerprint density at radius 3 is 1.00 bits per heavy atom. The Bertz CT molecular complexity index is 1160. The van der Waals surface area contributed by atoms with Crippen LogP contribution < -0.4 is 5.84 Å². The third-order valence-electron chi connectivity index (χ3n) is 6.81. The van der Waals surface area contributed by atoms with Crippen LogP contribution in [0.4, 0.5) is 0 Å². The fraction of sp³-hybridized carbons (Fsp3) is 0.471. The van der Waals surface area contributed by atoms with Gasteiger partial charge in [0.25, 0.3) is 11.8 Å². The number of nitrogens with two attached hydrogens (primary N) is 1. The molecule has 218 valence electrons. The summed E-state index contributed by atoms with van der Waals surface area (Å²) in [5.41, 5.74) is 3.29. The number of hydrazine groups is 1. The van der Waals surface area contributed by atoms with Crippen LogP contribution >= 0.6 is 0 Å². The zero-order valence-corrected chi connectivity index (χ0v) is 26.4. The number of carbonyl (C=O) groups is 2. The Kier molecular flexibility index (Phi) is 9.23. The summed E-state index contributed by atoms with van der Waals surface area (Å²) in [6, 6.07) is 7.39. The second-order valence-corrected chi connectivity index (χ2v) is 14.6. The molecule has 0 aliphatic rings. The van der Waals surface area contributed by atoms with Crippen LogP contribution in [-0.2, 0) is 31.2 Å². The molecule has 0 aliphatic heterocycles. The lowest BCUT2D eigenvalue weighted by molar-refractivity contribution is -0.138. The van der Waals surface area contributed by atoms with E-state index in [-0.39, 0.29) is 33.2 Å². The Balaban J connectivity index is 2.37. The van der Waals surface area contributed by atoms with Gasteiger partial charge in [0.05, 0.1) is 0 Å². The van der Waals surface area contributed by atoms with Crippen molar-refractivity contribution >= 4 is 24.0 Å². The standard InChI is InChI=1S/C34H48N2O4/c1-31(2,3)23-17-21(18-24(29(23)39)32(4,5)6)13-15-27(37)36(35)28(38)16-14-22-19-25(33(7,8)9)30(40)26(20-22)34(10,11)12/h13-20,39-40H,35H2,1-12H3. The molecular weight excluding hydrogens is 500 g/mol. The first-order valence-electron chi connectivity index (χ1n) is 13.7. The smallest absolute Gasteiger partial charge is 0.267 e. The van der Waals surface area contributed by atoms with Crippen LogP contribution in [0.25, 0.3) is 12.2 Å². The maximum atomic E-state index is 12.8. The molecule has 0 heterocycles. The van der Waals surface area contributed by atoms with Gasteiger partial charge in [-0.15, -0.1) is 0 Å². The number of benzene rings is 2. The average Bonchev–Trinajstić information content (AvgIpc) is 2.78. The first-order chi connectivity index (χ1) is 17.9. The number of rotatable bonds is 4. The summed E-state index contributed by atoms with van der Waals surface area (Å²) in [5, 5.41) is 22.4. The molecule has 0 spiro atoms. The molecule has 0 aliphatic carbocycles. The second kappa shape index (κ2) is 11.2. The highest BCUT2D eigenvalue weighted by Crippen LogP contribution is 2.41. The summed E-state index contributed by atoms with van der Waals surface area (Å²) < 4.78 is 0. The predicted molar refractivity (Wildman–Crippen MR) is 165 cm³/mol. The van der Waals surface area contributed by atoms with Gasteiger partial charge in [0.2, 0.25) is 0 Å². The van der Waals surface area contributed by atoms with Gasteiger partial charge in [-0.3, -0.25) is 9.59 Å². The van der Waals surface area contributed by atoms with Gasteiger partial charge in [-0.1, -0.05) is 83.1 Å². The normalized spacial score (nSPS) is 13.3. The van der Waals surface area contributed by atoms with Gasteiger partial charge in [-0.2, -0.15) is 0 Å². The molecule has 0 radical (unpaired) electrons. The molecule has 2 aromatic carbocycles. The van der Waals surface area contributed by atoms with E-state index in [9.17, 15) is 19.8 Å². The summed E-state index contributed by atoms with van der Waals surface area (Å²) >= 11 is 0. The molecule has 0 atom stereocenters. The first kappa shape index (κ1) is 32.8. The van der Waals surface area contributed by atoms with Crippen molar-refractivity contribution < 1.29 is 19.8 Å². The van der Waals surface area contributed by atoms with E-state index in [2.05, 4.69) is 0 Å². The van der Waals surface area contributed by atoms with Crippen molar-refractivity contribution in [1.29, 1.82) is 0 Å². The van der Waals surface area contributed by atoms with E-state index < -0.39 is 11.8 Å². The number of hydrogen-bond acceptors (Lipinski definition) is 5. The van der Waals surface area contributed by atoms with Gasteiger partial charge in [0, 0.05) is 34.4 Å².